The van der Waals surface area contributed by atoms with Gasteiger partial charge in [0, 0.05) is 43.5 Å². The number of hydrogen-bond acceptors (Lipinski definition) is 3. The zero-order valence-electron chi connectivity index (χ0n) is 18.6. The molecule has 2 aliphatic rings. The van der Waals surface area contributed by atoms with Crippen LogP contribution < -0.4 is 4.90 Å². The molecule has 2 heterocycles. The molecule has 6 heteroatoms. The predicted octanol–water partition coefficient (Wildman–Crippen LogP) is 5.60. The van der Waals surface area contributed by atoms with E-state index in [4.69, 9.17) is 4.99 Å². The maximum atomic E-state index is 13.2. The molecule has 3 aromatic rings. The van der Waals surface area contributed by atoms with E-state index >= 15 is 0 Å². The van der Waals surface area contributed by atoms with Gasteiger partial charge in [-0.3, -0.25) is 9.89 Å². The lowest BCUT2D eigenvalue weighted by Gasteiger charge is -2.41. The van der Waals surface area contributed by atoms with Crippen LogP contribution >= 0.6 is 24.8 Å². The molecule has 0 N–H and O–H groups in total. The number of aliphatic imine (C=N–C) groups is 1. The lowest BCUT2D eigenvalue weighted by molar-refractivity contribution is 0.236. The minimum absolute atomic E-state index is 0. The fourth-order valence-corrected chi connectivity index (χ4v) is 5.02. The molecule has 0 bridgehead atoms. The first-order chi connectivity index (χ1) is 15.2. The number of anilines is 1. The topological polar surface area (TPSA) is 18.8 Å². The van der Waals surface area contributed by atoms with Gasteiger partial charge in [-0.15, -0.1) is 24.8 Å². The highest BCUT2D eigenvalue weighted by molar-refractivity contribution is 5.86. The smallest absolute Gasteiger partial charge is 0.123 e. The van der Waals surface area contributed by atoms with Crippen LogP contribution in [-0.4, -0.2) is 50.4 Å². The summed E-state index contributed by atoms with van der Waals surface area (Å²) in [4.78, 5) is 9.70. The van der Waals surface area contributed by atoms with Crippen LogP contribution in [0.3, 0.4) is 0 Å². The minimum atomic E-state index is -0.177. The van der Waals surface area contributed by atoms with Crippen molar-refractivity contribution in [2.75, 3.05) is 44.2 Å². The van der Waals surface area contributed by atoms with Crippen molar-refractivity contribution in [2.45, 2.75) is 11.8 Å². The van der Waals surface area contributed by atoms with Crippen molar-refractivity contribution in [3.05, 3.63) is 101 Å². The molecular weight excluding hydrogens is 456 g/mol. The van der Waals surface area contributed by atoms with Gasteiger partial charge in [-0.25, -0.2) is 4.39 Å². The van der Waals surface area contributed by atoms with Crippen molar-refractivity contribution >= 4 is 36.7 Å². The Kier molecular flexibility index (Phi) is 8.52. The van der Waals surface area contributed by atoms with Gasteiger partial charge in [0.15, 0.2) is 0 Å². The van der Waals surface area contributed by atoms with Crippen LogP contribution in [0.25, 0.3) is 0 Å². The van der Waals surface area contributed by atoms with Crippen LogP contribution in [0.1, 0.15) is 23.1 Å². The van der Waals surface area contributed by atoms with Gasteiger partial charge >= 0.3 is 0 Å². The third-order valence-corrected chi connectivity index (χ3v) is 6.81. The summed E-state index contributed by atoms with van der Waals surface area (Å²) < 4.78 is 13.2. The molecule has 1 fully saturated rings. The van der Waals surface area contributed by atoms with Crippen LogP contribution in [0.15, 0.2) is 83.9 Å². The molecule has 1 saturated heterocycles. The van der Waals surface area contributed by atoms with Gasteiger partial charge in [0.1, 0.15) is 5.82 Å². The van der Waals surface area contributed by atoms with Crippen molar-refractivity contribution in [3.63, 3.8) is 0 Å². The van der Waals surface area contributed by atoms with Gasteiger partial charge < -0.3 is 4.90 Å². The lowest BCUT2D eigenvalue weighted by Crippen LogP contribution is -2.48. The number of piperazine rings is 1. The SMILES string of the molecule is Cl.Cl.Fc1ccc(N2CCN(CCC3(c4ccccc4)CN=Cc4ccccc43)CC2)cc1. The summed E-state index contributed by atoms with van der Waals surface area (Å²) in [6.45, 7) is 5.82. The Bertz CT molecular complexity index is 1050. The molecule has 0 aromatic heterocycles. The van der Waals surface area contributed by atoms with Crippen molar-refractivity contribution in [2.24, 2.45) is 4.99 Å². The van der Waals surface area contributed by atoms with Crippen molar-refractivity contribution < 1.29 is 4.39 Å². The Morgan fingerprint density at radius 1 is 0.788 bits per heavy atom. The molecule has 1 unspecified atom stereocenters. The van der Waals surface area contributed by atoms with Gasteiger partial charge in [0.05, 0.1) is 6.54 Å². The molecule has 3 aromatic carbocycles. The molecule has 33 heavy (non-hydrogen) atoms. The highest BCUT2D eigenvalue weighted by atomic mass is 35.5. The molecule has 1 atom stereocenters. The van der Waals surface area contributed by atoms with Crippen LogP contribution in [0.5, 0.6) is 0 Å². The first kappa shape index (κ1) is 25.2. The van der Waals surface area contributed by atoms with Crippen molar-refractivity contribution in [3.8, 4) is 0 Å². The third kappa shape index (κ3) is 5.24. The predicted molar refractivity (Wildman–Crippen MR) is 140 cm³/mol. The van der Waals surface area contributed by atoms with E-state index in [0.717, 1.165) is 51.4 Å². The summed E-state index contributed by atoms with van der Waals surface area (Å²) in [5, 5.41) is 0. The Morgan fingerprint density at radius 2 is 1.45 bits per heavy atom. The van der Waals surface area contributed by atoms with E-state index in [2.05, 4.69) is 64.4 Å². The summed E-state index contributed by atoms with van der Waals surface area (Å²) in [6.07, 6.45) is 3.07. The second-order valence-corrected chi connectivity index (χ2v) is 8.56. The summed E-state index contributed by atoms with van der Waals surface area (Å²) >= 11 is 0. The van der Waals surface area contributed by atoms with Crippen molar-refractivity contribution in [1.29, 1.82) is 0 Å². The number of rotatable bonds is 5. The molecule has 0 aliphatic carbocycles. The van der Waals surface area contributed by atoms with Crippen LogP contribution in [0.2, 0.25) is 0 Å². The summed E-state index contributed by atoms with van der Waals surface area (Å²) in [7, 11) is 0. The molecule has 0 amide bonds. The minimum Gasteiger partial charge on any atom is -0.369 e. The van der Waals surface area contributed by atoms with Gasteiger partial charge in [-0.2, -0.15) is 0 Å². The van der Waals surface area contributed by atoms with E-state index in [9.17, 15) is 4.39 Å². The second-order valence-electron chi connectivity index (χ2n) is 8.56. The van der Waals surface area contributed by atoms with Gasteiger partial charge in [-0.1, -0.05) is 54.6 Å². The van der Waals surface area contributed by atoms with Crippen LogP contribution in [-0.2, 0) is 5.41 Å². The van der Waals surface area contributed by atoms with Gasteiger partial charge in [-0.05, 0) is 53.9 Å². The largest absolute Gasteiger partial charge is 0.369 e. The average molecular weight is 486 g/mol. The van der Waals surface area contributed by atoms with Crippen LogP contribution in [0.4, 0.5) is 10.1 Å². The molecule has 174 valence electrons. The summed E-state index contributed by atoms with van der Waals surface area (Å²) in [5.41, 5.74) is 5.00. The summed E-state index contributed by atoms with van der Waals surface area (Å²) in [5.74, 6) is -0.177. The zero-order chi connectivity index (χ0) is 21.1. The molecule has 2 aliphatic heterocycles. The Hall–Kier alpha value is -2.40. The molecule has 5 rings (SSSR count). The van der Waals surface area contributed by atoms with E-state index < -0.39 is 0 Å². The van der Waals surface area contributed by atoms with Gasteiger partial charge in [0.2, 0.25) is 0 Å². The Balaban J connectivity index is 0.00000153. The lowest BCUT2D eigenvalue weighted by atomic mass is 9.69. The van der Waals surface area contributed by atoms with Gasteiger partial charge in [0.25, 0.3) is 0 Å². The third-order valence-electron chi connectivity index (χ3n) is 6.81. The van der Waals surface area contributed by atoms with E-state index in [1.54, 1.807) is 12.1 Å². The molecule has 0 spiro atoms. The first-order valence-corrected chi connectivity index (χ1v) is 11.1. The quantitative estimate of drug-likeness (QED) is 0.468. The average Bonchev–Trinajstić information content (AvgIpc) is 2.84. The number of fused-ring (bicyclic) bond motifs is 1. The Morgan fingerprint density at radius 3 is 2.18 bits per heavy atom. The number of halogens is 3. The number of hydrogen-bond donors (Lipinski definition) is 0. The number of nitrogens with zero attached hydrogens (tertiary/aromatic N) is 3. The zero-order valence-corrected chi connectivity index (χ0v) is 20.2. The molecule has 0 radical (unpaired) electrons. The van der Waals surface area contributed by atoms with Crippen LogP contribution in [0, 0.1) is 5.82 Å². The fraction of sp³-hybridized carbons (Fsp3) is 0.296. The summed E-state index contributed by atoms with van der Waals surface area (Å²) in [6, 6.07) is 26.4. The molecule has 0 saturated carbocycles. The standard InChI is InChI=1S/C27H28FN3.2ClH/c28-24-10-12-25(13-11-24)31-18-16-30(17-19-31)15-14-27(23-7-2-1-3-8-23)21-29-20-22-6-4-5-9-26(22)27;;/h1-13,20H,14-19,21H2;2*1H. The van der Waals surface area contributed by atoms with E-state index in [0.29, 0.717) is 0 Å². The first-order valence-electron chi connectivity index (χ1n) is 11.1. The second kappa shape index (κ2) is 11.1. The van der Waals surface area contributed by atoms with E-state index in [-0.39, 0.29) is 36.0 Å². The maximum Gasteiger partial charge on any atom is 0.123 e. The maximum absolute atomic E-state index is 13.2. The van der Waals surface area contributed by atoms with Crippen molar-refractivity contribution in [1.82, 2.24) is 4.90 Å². The Labute approximate surface area is 208 Å². The molecule has 3 nitrogen and oxygen atoms in total. The molecular formula is C27H30Cl2FN3. The number of benzene rings is 3. The normalized spacial score (nSPS) is 19.8. The fourth-order valence-electron chi connectivity index (χ4n) is 5.02. The van der Waals surface area contributed by atoms with E-state index in [1.165, 1.54) is 16.7 Å². The highest BCUT2D eigenvalue weighted by Crippen LogP contribution is 2.40. The highest BCUT2D eigenvalue weighted by Gasteiger charge is 2.37. The van der Waals surface area contributed by atoms with E-state index in [1.807, 2.05) is 18.3 Å². The monoisotopic (exact) mass is 485 g/mol.